The molecule has 0 bridgehead atoms. The van der Waals surface area contributed by atoms with E-state index in [-0.39, 0.29) is 11.8 Å². The van der Waals surface area contributed by atoms with Crippen molar-refractivity contribution in [3.8, 4) is 0 Å². The maximum absolute atomic E-state index is 12.1. The Morgan fingerprint density at radius 3 is 2.62 bits per heavy atom. The molecule has 4 heteroatoms. The Bertz CT molecular complexity index is 575. The summed E-state index contributed by atoms with van der Waals surface area (Å²) in [6, 6.07) is 12.0. The van der Waals surface area contributed by atoms with Gasteiger partial charge >= 0.3 is 0 Å². The number of hydrogen-bond donors (Lipinski definition) is 2. The molecular weight excluding hydrogens is 262 g/mol. The third-order valence-corrected chi connectivity index (χ3v) is 3.43. The summed E-state index contributed by atoms with van der Waals surface area (Å²) in [6.45, 7) is 6.99. The highest BCUT2D eigenvalue weighted by Gasteiger charge is 2.12. The number of H-pyrrole nitrogens is 1. The summed E-state index contributed by atoms with van der Waals surface area (Å²) in [4.78, 5) is 12.1. The second-order valence-electron chi connectivity index (χ2n) is 5.90. The van der Waals surface area contributed by atoms with Crippen LogP contribution in [0.15, 0.2) is 36.4 Å². The molecule has 21 heavy (non-hydrogen) atoms. The van der Waals surface area contributed by atoms with Gasteiger partial charge in [0.1, 0.15) is 5.69 Å². The Hall–Kier alpha value is -2.10. The molecule has 0 spiro atoms. The van der Waals surface area contributed by atoms with E-state index in [2.05, 4.69) is 48.4 Å². The SMILES string of the molecule is CC(C)Cc1cc(C(=O)NCC(C)c2ccccc2)n[nH]1. The second kappa shape index (κ2) is 7.07. The number of benzene rings is 1. The zero-order valence-corrected chi connectivity index (χ0v) is 12.9. The van der Waals surface area contributed by atoms with Crippen LogP contribution in [-0.2, 0) is 6.42 Å². The van der Waals surface area contributed by atoms with Crippen LogP contribution in [0, 0.1) is 5.92 Å². The van der Waals surface area contributed by atoms with Gasteiger partial charge in [0.2, 0.25) is 0 Å². The maximum atomic E-state index is 12.1. The first-order valence-electron chi connectivity index (χ1n) is 7.43. The van der Waals surface area contributed by atoms with E-state index in [1.807, 2.05) is 24.3 Å². The minimum absolute atomic E-state index is 0.121. The zero-order chi connectivity index (χ0) is 15.2. The van der Waals surface area contributed by atoms with Crippen LogP contribution >= 0.6 is 0 Å². The topological polar surface area (TPSA) is 57.8 Å². The van der Waals surface area contributed by atoms with E-state index in [0.717, 1.165) is 12.1 Å². The molecular formula is C17H23N3O. The Balaban J connectivity index is 1.88. The average molecular weight is 285 g/mol. The van der Waals surface area contributed by atoms with E-state index in [1.54, 1.807) is 0 Å². The first-order chi connectivity index (χ1) is 10.1. The number of carbonyl (C=O) groups excluding carboxylic acids is 1. The summed E-state index contributed by atoms with van der Waals surface area (Å²) in [5, 5.41) is 9.95. The van der Waals surface area contributed by atoms with Crippen molar-refractivity contribution in [3.63, 3.8) is 0 Å². The second-order valence-corrected chi connectivity index (χ2v) is 5.90. The fourth-order valence-corrected chi connectivity index (χ4v) is 2.26. The lowest BCUT2D eigenvalue weighted by atomic mass is 10.0. The quantitative estimate of drug-likeness (QED) is 0.856. The van der Waals surface area contributed by atoms with Crippen LogP contribution in [-0.4, -0.2) is 22.6 Å². The van der Waals surface area contributed by atoms with Crippen LogP contribution in [0.4, 0.5) is 0 Å². The van der Waals surface area contributed by atoms with Crippen molar-refractivity contribution in [2.75, 3.05) is 6.54 Å². The molecule has 4 nitrogen and oxygen atoms in total. The lowest BCUT2D eigenvalue weighted by Crippen LogP contribution is -2.27. The van der Waals surface area contributed by atoms with Gasteiger partial charge in [0, 0.05) is 12.2 Å². The molecule has 1 amide bonds. The molecule has 1 atom stereocenters. The van der Waals surface area contributed by atoms with Gasteiger partial charge in [-0.25, -0.2) is 0 Å². The molecule has 1 aromatic heterocycles. The molecule has 0 aliphatic heterocycles. The molecule has 1 unspecified atom stereocenters. The van der Waals surface area contributed by atoms with Gasteiger partial charge in [0.25, 0.3) is 5.91 Å². The molecule has 0 radical (unpaired) electrons. The number of aromatic nitrogens is 2. The summed E-state index contributed by atoms with van der Waals surface area (Å²) in [5.41, 5.74) is 2.69. The van der Waals surface area contributed by atoms with Gasteiger partial charge in [-0.3, -0.25) is 9.89 Å². The van der Waals surface area contributed by atoms with Crippen molar-refractivity contribution in [3.05, 3.63) is 53.3 Å². The molecule has 0 fully saturated rings. The Morgan fingerprint density at radius 1 is 1.24 bits per heavy atom. The maximum Gasteiger partial charge on any atom is 0.271 e. The van der Waals surface area contributed by atoms with Gasteiger partial charge in [0.15, 0.2) is 0 Å². The van der Waals surface area contributed by atoms with Gasteiger partial charge in [-0.1, -0.05) is 51.1 Å². The summed E-state index contributed by atoms with van der Waals surface area (Å²) >= 11 is 0. The van der Waals surface area contributed by atoms with Gasteiger partial charge in [-0.2, -0.15) is 5.10 Å². The van der Waals surface area contributed by atoms with Crippen LogP contribution in [0.3, 0.4) is 0 Å². The molecule has 112 valence electrons. The molecule has 0 aliphatic carbocycles. The first kappa shape index (κ1) is 15.3. The third kappa shape index (κ3) is 4.45. The Labute approximate surface area is 126 Å². The average Bonchev–Trinajstić information content (AvgIpc) is 2.93. The number of nitrogens with zero attached hydrogens (tertiary/aromatic N) is 1. The van der Waals surface area contributed by atoms with Crippen LogP contribution in [0.5, 0.6) is 0 Å². The first-order valence-corrected chi connectivity index (χ1v) is 7.43. The number of carbonyl (C=O) groups is 1. The van der Waals surface area contributed by atoms with E-state index in [9.17, 15) is 4.79 Å². The molecule has 2 rings (SSSR count). The lowest BCUT2D eigenvalue weighted by Gasteiger charge is -2.12. The highest BCUT2D eigenvalue weighted by atomic mass is 16.1. The lowest BCUT2D eigenvalue weighted by molar-refractivity contribution is 0.0946. The van der Waals surface area contributed by atoms with Gasteiger partial charge < -0.3 is 5.32 Å². The molecule has 0 saturated heterocycles. The molecule has 0 aliphatic rings. The van der Waals surface area contributed by atoms with E-state index in [1.165, 1.54) is 5.56 Å². The van der Waals surface area contributed by atoms with Crippen molar-refractivity contribution < 1.29 is 4.79 Å². The Morgan fingerprint density at radius 2 is 1.95 bits per heavy atom. The fourth-order valence-electron chi connectivity index (χ4n) is 2.26. The zero-order valence-electron chi connectivity index (χ0n) is 12.9. The molecule has 2 N–H and O–H groups in total. The van der Waals surface area contributed by atoms with Crippen molar-refractivity contribution in [1.82, 2.24) is 15.5 Å². The largest absolute Gasteiger partial charge is 0.350 e. The van der Waals surface area contributed by atoms with Crippen LogP contribution < -0.4 is 5.32 Å². The number of nitrogens with one attached hydrogen (secondary N) is 2. The van der Waals surface area contributed by atoms with Crippen molar-refractivity contribution >= 4 is 5.91 Å². The fraction of sp³-hybridized carbons (Fsp3) is 0.412. The van der Waals surface area contributed by atoms with Crippen molar-refractivity contribution in [1.29, 1.82) is 0 Å². The van der Waals surface area contributed by atoms with E-state index in [4.69, 9.17) is 0 Å². The van der Waals surface area contributed by atoms with Crippen LogP contribution in [0.1, 0.15) is 48.4 Å². The number of aromatic amines is 1. The van der Waals surface area contributed by atoms with Crippen molar-refractivity contribution in [2.24, 2.45) is 5.92 Å². The predicted molar refractivity (Wildman–Crippen MR) is 84.3 cm³/mol. The number of rotatable bonds is 6. The number of hydrogen-bond acceptors (Lipinski definition) is 2. The summed E-state index contributed by atoms with van der Waals surface area (Å²) in [5.74, 6) is 0.702. The van der Waals surface area contributed by atoms with Gasteiger partial charge in [0.05, 0.1) is 0 Å². The van der Waals surface area contributed by atoms with Crippen LogP contribution in [0.2, 0.25) is 0 Å². The van der Waals surface area contributed by atoms with Gasteiger partial charge in [-0.15, -0.1) is 0 Å². The smallest absolute Gasteiger partial charge is 0.271 e. The highest BCUT2D eigenvalue weighted by Crippen LogP contribution is 2.13. The monoisotopic (exact) mass is 285 g/mol. The standard InChI is InChI=1S/C17H23N3O/c1-12(2)9-15-10-16(20-19-15)17(21)18-11-13(3)14-7-5-4-6-8-14/h4-8,10,12-13H,9,11H2,1-3H3,(H,18,21)(H,19,20). The molecule has 0 saturated carbocycles. The Kier molecular flexibility index (Phi) is 5.14. The van der Waals surface area contributed by atoms with Crippen molar-refractivity contribution in [2.45, 2.75) is 33.1 Å². The summed E-state index contributed by atoms with van der Waals surface area (Å²) < 4.78 is 0. The van der Waals surface area contributed by atoms with E-state index >= 15 is 0 Å². The number of amides is 1. The molecule has 1 heterocycles. The van der Waals surface area contributed by atoms with Crippen LogP contribution in [0.25, 0.3) is 0 Å². The summed E-state index contributed by atoms with van der Waals surface area (Å²) in [7, 11) is 0. The highest BCUT2D eigenvalue weighted by molar-refractivity contribution is 5.92. The minimum Gasteiger partial charge on any atom is -0.350 e. The third-order valence-electron chi connectivity index (χ3n) is 3.43. The van der Waals surface area contributed by atoms with E-state index in [0.29, 0.717) is 18.2 Å². The molecule has 2 aromatic rings. The predicted octanol–water partition coefficient (Wildman–Crippen LogP) is 3.14. The summed E-state index contributed by atoms with van der Waals surface area (Å²) in [6.07, 6.45) is 0.903. The minimum atomic E-state index is -0.121. The van der Waals surface area contributed by atoms with E-state index < -0.39 is 0 Å². The normalized spacial score (nSPS) is 12.4. The molecule has 1 aromatic carbocycles. The van der Waals surface area contributed by atoms with Gasteiger partial charge in [-0.05, 0) is 29.9 Å².